The first-order chi connectivity index (χ1) is 10.0. The zero-order valence-electron chi connectivity index (χ0n) is 11.9. The molecule has 0 spiro atoms. The zero-order valence-corrected chi connectivity index (χ0v) is 13.5. The molecule has 2 aromatic rings. The van der Waals surface area contributed by atoms with Crippen molar-refractivity contribution >= 4 is 33.5 Å². The third kappa shape index (κ3) is 4.82. The molecule has 0 saturated carbocycles. The summed E-state index contributed by atoms with van der Waals surface area (Å²) < 4.78 is 0.930. The van der Waals surface area contributed by atoms with Gasteiger partial charge in [-0.1, -0.05) is 29.8 Å². The van der Waals surface area contributed by atoms with Crippen molar-refractivity contribution in [2.45, 2.75) is 13.8 Å². The minimum absolute atomic E-state index is 0.209. The van der Waals surface area contributed by atoms with Gasteiger partial charge >= 0.3 is 0 Å². The van der Waals surface area contributed by atoms with Gasteiger partial charge in [-0.15, -0.1) is 10.2 Å². The maximum absolute atomic E-state index is 12.0. The monoisotopic (exact) mass is 348 g/mol. The van der Waals surface area contributed by atoms with E-state index in [4.69, 9.17) is 0 Å². The lowest BCUT2D eigenvalue weighted by molar-refractivity contribution is 0.102. The lowest BCUT2D eigenvalue weighted by Gasteiger charge is -2.08. The van der Waals surface area contributed by atoms with Crippen molar-refractivity contribution in [3.63, 3.8) is 0 Å². The smallest absolute Gasteiger partial charge is 0.256 e. The molecule has 0 aliphatic rings. The number of amides is 1. The SMILES string of the molecule is CC(C)CNc1ccc(NC(=O)c2ccc(Br)cc2)nn1. The van der Waals surface area contributed by atoms with Crippen LogP contribution >= 0.6 is 15.9 Å². The molecule has 1 heterocycles. The van der Waals surface area contributed by atoms with Crippen LogP contribution in [0.1, 0.15) is 24.2 Å². The summed E-state index contributed by atoms with van der Waals surface area (Å²) in [5.74, 6) is 1.45. The van der Waals surface area contributed by atoms with Gasteiger partial charge in [0.25, 0.3) is 5.91 Å². The van der Waals surface area contributed by atoms with Crippen molar-refractivity contribution < 1.29 is 4.79 Å². The number of anilines is 2. The predicted octanol–water partition coefficient (Wildman–Crippen LogP) is 3.56. The van der Waals surface area contributed by atoms with Crippen molar-refractivity contribution in [3.8, 4) is 0 Å². The number of aromatic nitrogens is 2. The molecule has 0 bridgehead atoms. The van der Waals surface area contributed by atoms with E-state index in [-0.39, 0.29) is 5.91 Å². The molecule has 5 nitrogen and oxygen atoms in total. The van der Waals surface area contributed by atoms with Crippen molar-refractivity contribution in [1.82, 2.24) is 10.2 Å². The van der Waals surface area contributed by atoms with E-state index in [1.165, 1.54) is 0 Å². The number of carbonyl (C=O) groups excluding carboxylic acids is 1. The van der Waals surface area contributed by atoms with Crippen LogP contribution in [0.5, 0.6) is 0 Å². The predicted molar refractivity (Wildman–Crippen MR) is 87.5 cm³/mol. The summed E-state index contributed by atoms with van der Waals surface area (Å²) in [4.78, 5) is 12.0. The fourth-order valence-corrected chi connectivity index (χ4v) is 1.86. The van der Waals surface area contributed by atoms with Crippen LogP contribution in [0.25, 0.3) is 0 Å². The molecule has 0 radical (unpaired) electrons. The largest absolute Gasteiger partial charge is 0.368 e. The summed E-state index contributed by atoms with van der Waals surface area (Å²) in [5.41, 5.74) is 0.571. The lowest BCUT2D eigenvalue weighted by Crippen LogP contribution is -2.14. The van der Waals surface area contributed by atoms with Gasteiger partial charge in [0.05, 0.1) is 0 Å². The van der Waals surface area contributed by atoms with Gasteiger partial charge in [0.2, 0.25) is 0 Å². The summed E-state index contributed by atoms with van der Waals surface area (Å²) >= 11 is 3.33. The fraction of sp³-hybridized carbons (Fsp3) is 0.267. The first-order valence-corrected chi connectivity index (χ1v) is 7.48. The number of rotatable bonds is 5. The normalized spacial score (nSPS) is 10.5. The molecule has 0 unspecified atom stereocenters. The Kier molecular flexibility index (Phi) is 5.27. The first-order valence-electron chi connectivity index (χ1n) is 6.69. The van der Waals surface area contributed by atoms with E-state index >= 15 is 0 Å². The standard InChI is InChI=1S/C15H17BrN4O/c1-10(2)9-17-13-7-8-14(20-19-13)18-15(21)11-3-5-12(16)6-4-11/h3-8,10H,9H2,1-2H3,(H,17,19)(H,18,20,21). The number of hydrogen-bond donors (Lipinski definition) is 2. The Labute approximate surface area is 132 Å². The van der Waals surface area contributed by atoms with Gasteiger partial charge in [-0.2, -0.15) is 0 Å². The van der Waals surface area contributed by atoms with E-state index in [0.29, 0.717) is 23.1 Å². The average Bonchev–Trinajstić information content (AvgIpc) is 2.47. The molecule has 2 N–H and O–H groups in total. The third-order valence-corrected chi connectivity index (χ3v) is 3.23. The minimum Gasteiger partial charge on any atom is -0.368 e. The van der Waals surface area contributed by atoms with Gasteiger partial charge < -0.3 is 10.6 Å². The molecule has 0 fully saturated rings. The third-order valence-electron chi connectivity index (χ3n) is 2.70. The molecule has 1 aromatic carbocycles. The van der Waals surface area contributed by atoms with Gasteiger partial charge in [0.15, 0.2) is 5.82 Å². The molecule has 1 aromatic heterocycles. The van der Waals surface area contributed by atoms with E-state index < -0.39 is 0 Å². The number of nitrogens with zero attached hydrogens (tertiary/aromatic N) is 2. The van der Waals surface area contributed by atoms with Crippen molar-refractivity contribution in [1.29, 1.82) is 0 Å². The topological polar surface area (TPSA) is 66.9 Å². The van der Waals surface area contributed by atoms with Gasteiger partial charge in [0.1, 0.15) is 5.82 Å². The van der Waals surface area contributed by atoms with Crippen LogP contribution in [0, 0.1) is 5.92 Å². The summed E-state index contributed by atoms with van der Waals surface area (Å²) in [6.45, 7) is 5.07. The molecule has 0 saturated heterocycles. The van der Waals surface area contributed by atoms with Crippen molar-refractivity contribution in [2.24, 2.45) is 5.92 Å². The molecule has 0 aliphatic heterocycles. The highest BCUT2D eigenvalue weighted by Crippen LogP contribution is 2.12. The first kappa shape index (κ1) is 15.4. The van der Waals surface area contributed by atoms with Crippen LogP contribution in [0.2, 0.25) is 0 Å². The maximum atomic E-state index is 12.0. The van der Waals surface area contributed by atoms with Gasteiger partial charge in [-0.25, -0.2) is 0 Å². The van der Waals surface area contributed by atoms with E-state index in [9.17, 15) is 4.79 Å². The maximum Gasteiger partial charge on any atom is 0.256 e. The highest BCUT2D eigenvalue weighted by atomic mass is 79.9. The lowest BCUT2D eigenvalue weighted by atomic mass is 10.2. The van der Waals surface area contributed by atoms with Crippen LogP contribution in [-0.2, 0) is 0 Å². The van der Waals surface area contributed by atoms with E-state index in [0.717, 1.165) is 11.0 Å². The van der Waals surface area contributed by atoms with Gasteiger partial charge in [-0.05, 0) is 42.3 Å². The number of halogens is 1. The molecule has 2 rings (SSSR count). The quantitative estimate of drug-likeness (QED) is 0.866. The molecular formula is C15H17BrN4O. The van der Waals surface area contributed by atoms with E-state index in [1.54, 1.807) is 24.3 Å². The van der Waals surface area contributed by atoms with Crippen LogP contribution < -0.4 is 10.6 Å². The Morgan fingerprint density at radius 3 is 2.29 bits per heavy atom. The number of benzene rings is 1. The summed E-state index contributed by atoms with van der Waals surface area (Å²) in [5, 5.41) is 13.9. The Morgan fingerprint density at radius 1 is 1.10 bits per heavy atom. The number of carbonyl (C=O) groups is 1. The average molecular weight is 349 g/mol. The second-order valence-corrected chi connectivity index (χ2v) is 5.96. The van der Waals surface area contributed by atoms with E-state index in [1.807, 2.05) is 12.1 Å². The molecule has 1 amide bonds. The van der Waals surface area contributed by atoms with Crippen LogP contribution in [0.4, 0.5) is 11.6 Å². The highest BCUT2D eigenvalue weighted by Gasteiger charge is 2.07. The number of nitrogens with one attached hydrogen (secondary N) is 2. The second kappa shape index (κ2) is 7.17. The van der Waals surface area contributed by atoms with Gasteiger partial charge in [0, 0.05) is 16.6 Å². The Balaban J connectivity index is 1.96. The van der Waals surface area contributed by atoms with Gasteiger partial charge in [-0.3, -0.25) is 4.79 Å². The van der Waals surface area contributed by atoms with E-state index in [2.05, 4.69) is 50.6 Å². The summed E-state index contributed by atoms with van der Waals surface area (Å²) in [7, 11) is 0. The molecule has 110 valence electrons. The molecule has 0 atom stereocenters. The Morgan fingerprint density at radius 2 is 1.71 bits per heavy atom. The molecular weight excluding hydrogens is 332 g/mol. The van der Waals surface area contributed by atoms with Crippen LogP contribution in [0.15, 0.2) is 40.9 Å². The zero-order chi connectivity index (χ0) is 15.2. The molecule has 6 heteroatoms. The summed E-state index contributed by atoms with van der Waals surface area (Å²) in [6, 6.07) is 10.6. The Hall–Kier alpha value is -1.95. The second-order valence-electron chi connectivity index (χ2n) is 5.04. The summed E-state index contributed by atoms with van der Waals surface area (Å²) in [6.07, 6.45) is 0. The highest BCUT2D eigenvalue weighted by molar-refractivity contribution is 9.10. The minimum atomic E-state index is -0.209. The van der Waals surface area contributed by atoms with Crippen molar-refractivity contribution in [3.05, 3.63) is 46.4 Å². The number of hydrogen-bond acceptors (Lipinski definition) is 4. The Bertz CT molecular complexity index is 596. The van der Waals surface area contributed by atoms with Crippen LogP contribution in [0.3, 0.4) is 0 Å². The molecule has 21 heavy (non-hydrogen) atoms. The fourth-order valence-electron chi connectivity index (χ4n) is 1.59. The van der Waals surface area contributed by atoms with Crippen LogP contribution in [-0.4, -0.2) is 22.6 Å². The molecule has 0 aliphatic carbocycles. The van der Waals surface area contributed by atoms with Crippen molar-refractivity contribution in [2.75, 3.05) is 17.2 Å².